The predicted molar refractivity (Wildman–Crippen MR) is 44.9 cm³/mol. The molecular formula is C7H13F2N3O2. The molecule has 1 amide bonds. The predicted octanol–water partition coefficient (Wildman–Crippen LogP) is -0.202. The number of rotatable bonds is 0. The van der Waals surface area contributed by atoms with Gasteiger partial charge in [0.2, 0.25) is 0 Å². The number of hydrogen-bond acceptors (Lipinski definition) is 4. The molecule has 0 aliphatic carbocycles. The number of carbonyl (C=O) groups excluding carboxylic acids is 1. The van der Waals surface area contributed by atoms with Gasteiger partial charge in [0.25, 0.3) is 0 Å². The molecule has 0 saturated carbocycles. The van der Waals surface area contributed by atoms with Crippen molar-refractivity contribution in [2.75, 3.05) is 32.8 Å². The smallest absolute Gasteiger partial charge is 0.407 e. The van der Waals surface area contributed by atoms with E-state index in [1.807, 2.05) is 0 Å². The lowest BCUT2D eigenvalue weighted by Crippen LogP contribution is -2.44. The van der Waals surface area contributed by atoms with Gasteiger partial charge in [-0.1, -0.05) is 0 Å². The lowest BCUT2D eigenvalue weighted by molar-refractivity contribution is -0.0917. The van der Waals surface area contributed by atoms with Gasteiger partial charge in [0, 0.05) is 19.6 Å². The number of alkyl carbamates (subject to hydrolysis) is 1. The molecule has 0 spiro atoms. The zero-order valence-corrected chi connectivity index (χ0v) is 7.63. The Kier molecular flexibility index (Phi) is 4.54. The molecule has 0 bridgehead atoms. The molecule has 2 heterocycles. The van der Waals surface area contributed by atoms with Gasteiger partial charge in [-0.2, -0.15) is 0 Å². The van der Waals surface area contributed by atoms with Crippen LogP contribution < -0.4 is 10.6 Å². The van der Waals surface area contributed by atoms with Gasteiger partial charge in [0.15, 0.2) is 6.30 Å². The third-order valence-electron chi connectivity index (χ3n) is 1.72. The van der Waals surface area contributed by atoms with Gasteiger partial charge in [-0.3, -0.25) is 0 Å². The number of piperazine rings is 1. The summed E-state index contributed by atoms with van der Waals surface area (Å²) >= 11 is 0. The van der Waals surface area contributed by atoms with Crippen molar-refractivity contribution in [3.8, 4) is 0 Å². The minimum atomic E-state index is -1.44. The van der Waals surface area contributed by atoms with Gasteiger partial charge in [0.05, 0.1) is 6.54 Å². The van der Waals surface area contributed by atoms with Crippen molar-refractivity contribution in [3.05, 3.63) is 0 Å². The lowest BCUT2D eigenvalue weighted by atomic mass is 10.4. The number of hydrogen-bond donors (Lipinski definition) is 2. The van der Waals surface area contributed by atoms with Crippen molar-refractivity contribution in [2.24, 2.45) is 0 Å². The highest BCUT2D eigenvalue weighted by Gasteiger charge is 2.19. The highest BCUT2D eigenvalue weighted by Crippen LogP contribution is 2.02. The van der Waals surface area contributed by atoms with Crippen LogP contribution in [0.25, 0.3) is 0 Å². The van der Waals surface area contributed by atoms with Crippen molar-refractivity contribution >= 4 is 6.09 Å². The second-order valence-corrected chi connectivity index (χ2v) is 2.82. The quantitative estimate of drug-likeness (QED) is 0.428. The van der Waals surface area contributed by atoms with Crippen LogP contribution in [0.1, 0.15) is 0 Å². The molecule has 1 atom stereocenters. The molecule has 0 aromatic heterocycles. The Morgan fingerprint density at radius 1 is 1.50 bits per heavy atom. The maximum atomic E-state index is 12.1. The maximum absolute atomic E-state index is 12.1. The van der Waals surface area contributed by atoms with E-state index in [-0.39, 0.29) is 24.3 Å². The van der Waals surface area contributed by atoms with Gasteiger partial charge in [-0.25, -0.2) is 9.18 Å². The van der Waals surface area contributed by atoms with Gasteiger partial charge in [-0.15, -0.1) is 9.60 Å². The second kappa shape index (κ2) is 5.71. The standard InChI is InChI=1S/C4H8F2N2.C3H5NO2/c5-4-3-7-1-2-8(4)6;5-3-4-1-2-6-3/h4,7H,1-3H2;1-2H2,(H,4,5). The highest BCUT2D eigenvalue weighted by molar-refractivity contribution is 5.68. The van der Waals surface area contributed by atoms with Crippen molar-refractivity contribution in [1.29, 1.82) is 0 Å². The Morgan fingerprint density at radius 2 is 2.29 bits per heavy atom. The van der Waals surface area contributed by atoms with Crippen LogP contribution in [0.15, 0.2) is 0 Å². The first-order chi connectivity index (χ1) is 6.70. The maximum Gasteiger partial charge on any atom is 0.407 e. The number of nitrogens with zero attached hydrogens (tertiary/aromatic N) is 1. The number of nitrogens with one attached hydrogen (secondary N) is 2. The highest BCUT2D eigenvalue weighted by atomic mass is 19.2. The summed E-state index contributed by atoms with van der Waals surface area (Å²) in [6.07, 6.45) is -1.74. The van der Waals surface area contributed by atoms with Crippen LogP contribution in [-0.4, -0.2) is 50.3 Å². The summed E-state index contributed by atoms with van der Waals surface area (Å²) < 4.78 is 28.5. The summed E-state index contributed by atoms with van der Waals surface area (Å²) in [6, 6.07) is 0. The van der Waals surface area contributed by atoms with Gasteiger partial charge in [0.1, 0.15) is 6.61 Å². The second-order valence-electron chi connectivity index (χ2n) is 2.82. The van der Waals surface area contributed by atoms with Crippen molar-refractivity contribution in [2.45, 2.75) is 6.30 Å². The SMILES string of the molecule is FC1CNCCN1F.O=C1NCCO1. The summed E-state index contributed by atoms with van der Waals surface area (Å²) in [5, 5.41) is 5.37. The van der Waals surface area contributed by atoms with E-state index in [0.29, 0.717) is 19.7 Å². The summed E-state index contributed by atoms with van der Waals surface area (Å²) in [4.78, 5) is 9.91. The van der Waals surface area contributed by atoms with Gasteiger partial charge >= 0.3 is 6.09 Å². The first-order valence-electron chi connectivity index (χ1n) is 4.38. The average molecular weight is 209 g/mol. The Bertz CT molecular complexity index is 176. The van der Waals surface area contributed by atoms with Crippen molar-refractivity contribution < 1.29 is 18.4 Å². The summed E-state index contributed by atoms with van der Waals surface area (Å²) in [7, 11) is 0. The molecule has 2 fully saturated rings. The van der Waals surface area contributed by atoms with Crippen LogP contribution in [0, 0.1) is 0 Å². The molecule has 2 N–H and O–H groups in total. The molecule has 2 saturated heterocycles. The number of ether oxygens (including phenoxy) is 1. The van der Waals surface area contributed by atoms with E-state index in [0.717, 1.165) is 0 Å². The number of cyclic esters (lactones) is 1. The van der Waals surface area contributed by atoms with E-state index >= 15 is 0 Å². The molecule has 0 aromatic rings. The Hall–Kier alpha value is -0.950. The zero-order valence-electron chi connectivity index (χ0n) is 7.63. The monoisotopic (exact) mass is 209 g/mol. The molecule has 5 nitrogen and oxygen atoms in total. The van der Waals surface area contributed by atoms with E-state index < -0.39 is 6.30 Å². The summed E-state index contributed by atoms with van der Waals surface area (Å²) in [6.45, 7) is 1.99. The van der Waals surface area contributed by atoms with Crippen LogP contribution in [-0.2, 0) is 4.74 Å². The van der Waals surface area contributed by atoms with E-state index in [1.54, 1.807) is 0 Å². The molecule has 82 valence electrons. The average Bonchev–Trinajstić information content (AvgIpc) is 2.63. The Labute approximate surface area is 80.3 Å². The number of halogens is 2. The minimum absolute atomic E-state index is 0.108. The summed E-state index contributed by atoms with van der Waals surface area (Å²) in [5.41, 5.74) is 0. The van der Waals surface area contributed by atoms with E-state index in [9.17, 15) is 13.7 Å². The third-order valence-corrected chi connectivity index (χ3v) is 1.72. The number of alkyl halides is 1. The molecule has 7 heteroatoms. The first kappa shape index (κ1) is 11.1. The van der Waals surface area contributed by atoms with Crippen LogP contribution in [0.3, 0.4) is 0 Å². The molecule has 14 heavy (non-hydrogen) atoms. The zero-order chi connectivity index (χ0) is 10.4. The summed E-state index contributed by atoms with van der Waals surface area (Å²) in [5.74, 6) is 0. The fraction of sp³-hybridized carbons (Fsp3) is 0.857. The molecule has 2 aliphatic rings. The van der Waals surface area contributed by atoms with Gasteiger partial charge < -0.3 is 15.4 Å². The van der Waals surface area contributed by atoms with E-state index in [4.69, 9.17) is 0 Å². The molecule has 0 radical (unpaired) electrons. The molecule has 0 aromatic carbocycles. The fourth-order valence-corrected chi connectivity index (χ4v) is 0.994. The number of carbonyl (C=O) groups is 1. The number of amides is 1. The fourth-order valence-electron chi connectivity index (χ4n) is 0.994. The Morgan fingerprint density at radius 3 is 2.57 bits per heavy atom. The molecule has 1 unspecified atom stereocenters. The van der Waals surface area contributed by atoms with E-state index in [1.165, 1.54) is 0 Å². The molecule has 2 rings (SSSR count). The lowest BCUT2D eigenvalue weighted by Gasteiger charge is -2.22. The third kappa shape index (κ3) is 3.84. The molecule has 2 aliphatic heterocycles. The Balaban J connectivity index is 0.000000146. The van der Waals surface area contributed by atoms with E-state index in [2.05, 4.69) is 15.4 Å². The first-order valence-corrected chi connectivity index (χ1v) is 4.38. The largest absolute Gasteiger partial charge is 0.448 e. The van der Waals surface area contributed by atoms with Crippen LogP contribution in [0.5, 0.6) is 0 Å². The normalized spacial score (nSPS) is 27.3. The van der Waals surface area contributed by atoms with Gasteiger partial charge in [-0.05, 0) is 0 Å². The van der Waals surface area contributed by atoms with Crippen molar-refractivity contribution in [3.63, 3.8) is 0 Å². The van der Waals surface area contributed by atoms with Crippen molar-refractivity contribution in [1.82, 2.24) is 15.8 Å². The van der Waals surface area contributed by atoms with Crippen LogP contribution >= 0.6 is 0 Å². The molecular weight excluding hydrogens is 196 g/mol. The van der Waals surface area contributed by atoms with Crippen LogP contribution in [0.4, 0.5) is 13.7 Å². The minimum Gasteiger partial charge on any atom is -0.448 e. The topological polar surface area (TPSA) is 53.6 Å². The van der Waals surface area contributed by atoms with Crippen LogP contribution in [0.2, 0.25) is 0 Å².